The highest BCUT2D eigenvalue weighted by Crippen LogP contribution is 2.59. The van der Waals surface area contributed by atoms with Crippen LogP contribution in [0.5, 0.6) is 0 Å². The van der Waals surface area contributed by atoms with Gasteiger partial charge in [0.05, 0.1) is 0 Å². The lowest BCUT2D eigenvalue weighted by molar-refractivity contribution is -0.130. The van der Waals surface area contributed by atoms with Gasteiger partial charge in [-0.1, -0.05) is 71.7 Å². The fourth-order valence-electron chi connectivity index (χ4n) is 5.09. The number of fused-ring (bicyclic) bond motifs is 2. The molecule has 0 spiro atoms. The van der Waals surface area contributed by atoms with Crippen LogP contribution in [0.15, 0.2) is 70.4 Å². The molecule has 3 atom stereocenters. The Morgan fingerprint density at radius 1 is 0.968 bits per heavy atom. The first-order valence-corrected chi connectivity index (χ1v) is 12.0. The molecule has 2 aliphatic carbocycles. The van der Waals surface area contributed by atoms with E-state index >= 15 is 0 Å². The molecule has 0 aromatic carbocycles. The standard InChI is InChI=1S/C30H44O/c1-22(2)12-9-14-24(5)15-11-17-26-20-29(7)21-30(26,8)27(19-28(29)31)18-25(6)16-10-13-23(3)4/h11-13,15,17-18,20,27H,9-10,14,16,19,21H2,1-8H3/b17-11+,24-15+,25-18+/t27-,29-,30-/m1/s1. The summed E-state index contributed by atoms with van der Waals surface area (Å²) in [6.45, 7) is 17.6. The average Bonchev–Trinajstić information content (AvgIpc) is 2.89. The van der Waals surface area contributed by atoms with Crippen molar-refractivity contribution in [2.24, 2.45) is 16.7 Å². The molecule has 1 heteroatoms. The van der Waals surface area contributed by atoms with Crippen molar-refractivity contribution in [3.05, 3.63) is 70.4 Å². The Hall–Kier alpha value is -1.89. The summed E-state index contributed by atoms with van der Waals surface area (Å²) >= 11 is 0. The van der Waals surface area contributed by atoms with E-state index in [1.54, 1.807) is 0 Å². The first kappa shape index (κ1) is 25.4. The topological polar surface area (TPSA) is 17.1 Å². The summed E-state index contributed by atoms with van der Waals surface area (Å²) in [4.78, 5) is 13.0. The van der Waals surface area contributed by atoms with Crippen molar-refractivity contribution in [3.8, 4) is 0 Å². The quantitative estimate of drug-likeness (QED) is 0.269. The molecule has 1 fully saturated rings. The Balaban J connectivity index is 2.18. The largest absolute Gasteiger partial charge is 0.299 e. The summed E-state index contributed by atoms with van der Waals surface area (Å²) in [5, 5.41) is 0. The van der Waals surface area contributed by atoms with E-state index in [4.69, 9.17) is 0 Å². The van der Waals surface area contributed by atoms with Crippen molar-refractivity contribution in [1.82, 2.24) is 0 Å². The van der Waals surface area contributed by atoms with Gasteiger partial charge in [0.1, 0.15) is 5.78 Å². The predicted octanol–water partition coefficient (Wildman–Crippen LogP) is 8.86. The normalized spacial score (nSPS) is 28.7. The fourth-order valence-corrected chi connectivity index (χ4v) is 5.09. The molecule has 0 aromatic heterocycles. The Labute approximate surface area is 191 Å². The highest BCUT2D eigenvalue weighted by molar-refractivity contribution is 5.89. The second-order valence-electron chi connectivity index (χ2n) is 10.9. The minimum absolute atomic E-state index is 0.0424. The number of Topliss-reactive ketones (excluding diaryl/α,β-unsaturated/α-hetero) is 1. The van der Waals surface area contributed by atoms with E-state index in [0.29, 0.717) is 18.1 Å². The van der Waals surface area contributed by atoms with Crippen molar-refractivity contribution in [2.75, 3.05) is 0 Å². The molecular formula is C30H44O. The van der Waals surface area contributed by atoms with E-state index in [1.165, 1.54) is 27.9 Å². The zero-order valence-corrected chi connectivity index (χ0v) is 21.3. The Morgan fingerprint density at radius 3 is 2.13 bits per heavy atom. The third-order valence-corrected chi connectivity index (χ3v) is 7.05. The van der Waals surface area contributed by atoms with E-state index in [1.807, 2.05) is 0 Å². The van der Waals surface area contributed by atoms with E-state index in [2.05, 4.69) is 97.9 Å². The van der Waals surface area contributed by atoms with Crippen LogP contribution < -0.4 is 0 Å². The van der Waals surface area contributed by atoms with Gasteiger partial charge in [-0.25, -0.2) is 0 Å². The molecular weight excluding hydrogens is 376 g/mol. The summed E-state index contributed by atoms with van der Waals surface area (Å²) in [5.74, 6) is 0.695. The number of rotatable bonds is 9. The summed E-state index contributed by atoms with van der Waals surface area (Å²) in [5.41, 5.74) is 6.65. The van der Waals surface area contributed by atoms with Crippen LogP contribution in [0, 0.1) is 16.7 Å². The van der Waals surface area contributed by atoms with Gasteiger partial charge in [-0.2, -0.15) is 0 Å². The zero-order chi connectivity index (χ0) is 23.2. The van der Waals surface area contributed by atoms with Gasteiger partial charge in [0.15, 0.2) is 0 Å². The van der Waals surface area contributed by atoms with E-state index in [0.717, 1.165) is 32.1 Å². The van der Waals surface area contributed by atoms with Gasteiger partial charge in [0, 0.05) is 17.3 Å². The van der Waals surface area contributed by atoms with Crippen molar-refractivity contribution in [1.29, 1.82) is 0 Å². The smallest absolute Gasteiger partial charge is 0.143 e. The molecule has 0 saturated heterocycles. The second-order valence-corrected chi connectivity index (χ2v) is 10.9. The molecule has 0 heterocycles. The van der Waals surface area contributed by atoms with Crippen LogP contribution >= 0.6 is 0 Å². The summed E-state index contributed by atoms with van der Waals surface area (Å²) in [6.07, 6.45) is 21.9. The van der Waals surface area contributed by atoms with E-state index in [9.17, 15) is 4.79 Å². The van der Waals surface area contributed by atoms with Crippen LogP contribution in [0.3, 0.4) is 0 Å². The van der Waals surface area contributed by atoms with Gasteiger partial charge in [-0.15, -0.1) is 0 Å². The van der Waals surface area contributed by atoms with Crippen LogP contribution in [0.2, 0.25) is 0 Å². The predicted molar refractivity (Wildman–Crippen MR) is 136 cm³/mol. The average molecular weight is 421 g/mol. The lowest BCUT2D eigenvalue weighted by atomic mass is 9.61. The van der Waals surface area contributed by atoms with Crippen LogP contribution in [0.4, 0.5) is 0 Å². The van der Waals surface area contributed by atoms with Crippen molar-refractivity contribution in [3.63, 3.8) is 0 Å². The molecule has 170 valence electrons. The first-order chi connectivity index (χ1) is 14.5. The van der Waals surface area contributed by atoms with Crippen LogP contribution in [-0.4, -0.2) is 5.78 Å². The fraction of sp³-hybridized carbons (Fsp3) is 0.567. The maximum Gasteiger partial charge on any atom is 0.143 e. The molecule has 2 bridgehead atoms. The van der Waals surface area contributed by atoms with Gasteiger partial charge in [0.2, 0.25) is 0 Å². The van der Waals surface area contributed by atoms with Crippen molar-refractivity contribution < 1.29 is 4.79 Å². The molecule has 0 N–H and O–H groups in total. The minimum atomic E-state index is -0.295. The first-order valence-electron chi connectivity index (χ1n) is 12.0. The van der Waals surface area contributed by atoms with Gasteiger partial charge in [-0.3, -0.25) is 4.79 Å². The van der Waals surface area contributed by atoms with Gasteiger partial charge in [-0.05, 0) is 92.1 Å². The monoisotopic (exact) mass is 420 g/mol. The molecule has 31 heavy (non-hydrogen) atoms. The number of ketones is 1. The third kappa shape index (κ3) is 6.79. The highest BCUT2D eigenvalue weighted by atomic mass is 16.1. The number of carbonyl (C=O) groups is 1. The van der Waals surface area contributed by atoms with E-state index < -0.39 is 0 Å². The molecule has 2 aliphatic rings. The maximum absolute atomic E-state index is 13.0. The number of allylic oxidation sites excluding steroid dienone is 12. The van der Waals surface area contributed by atoms with Gasteiger partial charge >= 0.3 is 0 Å². The second kappa shape index (κ2) is 10.6. The maximum atomic E-state index is 13.0. The minimum Gasteiger partial charge on any atom is -0.299 e. The molecule has 1 nitrogen and oxygen atoms in total. The number of carbonyl (C=O) groups excluding carboxylic acids is 1. The van der Waals surface area contributed by atoms with Crippen molar-refractivity contribution in [2.45, 2.75) is 93.9 Å². The molecule has 0 amide bonds. The molecule has 0 unspecified atom stereocenters. The highest BCUT2D eigenvalue weighted by Gasteiger charge is 2.54. The number of hydrogen-bond acceptors (Lipinski definition) is 1. The molecule has 0 radical (unpaired) electrons. The van der Waals surface area contributed by atoms with Gasteiger partial charge < -0.3 is 0 Å². The third-order valence-electron chi connectivity index (χ3n) is 7.05. The Bertz CT molecular complexity index is 849. The molecule has 2 rings (SSSR count). The Kier molecular flexibility index (Phi) is 8.69. The zero-order valence-electron chi connectivity index (χ0n) is 21.3. The van der Waals surface area contributed by atoms with Crippen LogP contribution in [0.1, 0.15) is 93.9 Å². The summed E-state index contributed by atoms with van der Waals surface area (Å²) in [7, 11) is 0. The molecule has 0 aliphatic heterocycles. The lowest BCUT2D eigenvalue weighted by Crippen LogP contribution is -2.39. The number of hydrogen-bond donors (Lipinski definition) is 0. The van der Waals surface area contributed by atoms with Crippen LogP contribution in [-0.2, 0) is 4.79 Å². The molecule has 0 aromatic rings. The SMILES string of the molecule is CC(C)=CCC/C(C)=C/C=C/C1=C[C@]2(C)C[C@@]1(C)[C@H](/C=C(\C)CCC=C(C)C)CC2=O. The summed E-state index contributed by atoms with van der Waals surface area (Å²) < 4.78 is 0. The lowest BCUT2D eigenvalue weighted by Gasteiger charge is -2.41. The Morgan fingerprint density at radius 2 is 1.55 bits per heavy atom. The van der Waals surface area contributed by atoms with Gasteiger partial charge in [0.25, 0.3) is 0 Å². The van der Waals surface area contributed by atoms with Crippen molar-refractivity contribution >= 4 is 5.78 Å². The van der Waals surface area contributed by atoms with E-state index in [-0.39, 0.29) is 10.8 Å². The molecule has 1 saturated carbocycles. The van der Waals surface area contributed by atoms with Crippen LogP contribution in [0.25, 0.3) is 0 Å². The summed E-state index contributed by atoms with van der Waals surface area (Å²) in [6, 6.07) is 0.